The molecule has 1 aliphatic rings. The second-order valence-electron chi connectivity index (χ2n) is 7.55. The summed E-state index contributed by atoms with van der Waals surface area (Å²) in [5.74, 6) is -0.307. The average Bonchev–Trinajstić information content (AvgIpc) is 2.81. The van der Waals surface area contributed by atoms with E-state index in [0.29, 0.717) is 49.3 Å². The molecule has 1 fully saturated rings. The van der Waals surface area contributed by atoms with Crippen LogP contribution in [0, 0.1) is 0 Å². The third-order valence-corrected chi connectivity index (χ3v) is 5.36. The lowest BCUT2D eigenvalue weighted by Crippen LogP contribution is -2.51. The highest BCUT2D eigenvalue weighted by molar-refractivity contribution is 5.88. The van der Waals surface area contributed by atoms with Gasteiger partial charge in [-0.1, -0.05) is 6.07 Å². The minimum absolute atomic E-state index is 0.113. The lowest BCUT2D eigenvalue weighted by molar-refractivity contribution is -0.150. The van der Waals surface area contributed by atoms with E-state index in [4.69, 9.17) is 14.2 Å². The van der Waals surface area contributed by atoms with Crippen molar-refractivity contribution in [2.24, 2.45) is 0 Å². The maximum absolute atomic E-state index is 13.0. The van der Waals surface area contributed by atoms with Gasteiger partial charge in [0.25, 0.3) is 5.56 Å². The molecule has 178 valence electrons. The number of hydrogen-bond acceptors (Lipinski definition) is 7. The minimum Gasteiger partial charge on any atom is -0.478 e. The summed E-state index contributed by atoms with van der Waals surface area (Å²) in [4.78, 5) is 52.7. The number of rotatable bonds is 7. The van der Waals surface area contributed by atoms with E-state index in [-0.39, 0.29) is 30.7 Å². The number of benzene rings is 1. The summed E-state index contributed by atoms with van der Waals surface area (Å²) in [5, 5.41) is 0.927. The summed E-state index contributed by atoms with van der Waals surface area (Å²) in [6.07, 6.45) is 0.331. The van der Waals surface area contributed by atoms with Crippen LogP contribution in [-0.2, 0) is 25.6 Å². The minimum atomic E-state index is -0.826. The highest BCUT2D eigenvalue weighted by atomic mass is 16.6. The fourth-order valence-corrected chi connectivity index (χ4v) is 3.61. The maximum Gasteiger partial charge on any atom is 0.409 e. The monoisotopic (exact) mass is 459 g/mol. The maximum atomic E-state index is 13.0. The van der Waals surface area contributed by atoms with Gasteiger partial charge in [0.15, 0.2) is 6.10 Å². The number of piperazine rings is 1. The van der Waals surface area contributed by atoms with Gasteiger partial charge in [0.2, 0.25) is 5.91 Å². The number of pyridine rings is 1. The number of ether oxygens (including phenoxy) is 3. The fourth-order valence-electron chi connectivity index (χ4n) is 3.61. The Morgan fingerprint density at radius 2 is 1.61 bits per heavy atom. The van der Waals surface area contributed by atoms with E-state index in [1.54, 1.807) is 61.0 Å². The molecule has 2 heterocycles. The average molecular weight is 459 g/mol. The van der Waals surface area contributed by atoms with Crippen molar-refractivity contribution in [3.63, 3.8) is 0 Å². The standard InChI is InChI=1S/C23H29N3O7/c1-4-31-22(29)16(3)33-19-8-6-7-18-17(19)9-10-26(21(18)28)15-20(27)24-11-13-25(14-12-24)23(30)32-5-2/h6-10,16H,4-5,11-15H2,1-3H3/t16-/m1/s1. The van der Waals surface area contributed by atoms with Gasteiger partial charge in [-0.25, -0.2) is 9.59 Å². The van der Waals surface area contributed by atoms with Crippen molar-refractivity contribution in [3.05, 3.63) is 40.8 Å². The largest absolute Gasteiger partial charge is 0.478 e. The smallest absolute Gasteiger partial charge is 0.409 e. The van der Waals surface area contributed by atoms with Crippen molar-refractivity contribution in [1.82, 2.24) is 14.4 Å². The first-order chi connectivity index (χ1) is 15.8. The van der Waals surface area contributed by atoms with Gasteiger partial charge in [0.05, 0.1) is 18.6 Å². The second kappa shape index (κ2) is 10.8. The summed E-state index contributed by atoms with van der Waals surface area (Å²) in [5.41, 5.74) is -0.333. The molecule has 1 aromatic heterocycles. The number of fused-ring (bicyclic) bond motifs is 1. The van der Waals surface area contributed by atoms with Crippen molar-refractivity contribution in [2.45, 2.75) is 33.4 Å². The topological polar surface area (TPSA) is 107 Å². The normalized spacial score (nSPS) is 14.6. The van der Waals surface area contributed by atoms with Crippen LogP contribution < -0.4 is 10.3 Å². The van der Waals surface area contributed by atoms with E-state index in [1.807, 2.05) is 0 Å². The fraction of sp³-hybridized carbons (Fsp3) is 0.478. The van der Waals surface area contributed by atoms with Gasteiger partial charge in [-0.3, -0.25) is 9.59 Å². The zero-order valence-corrected chi connectivity index (χ0v) is 19.1. The molecule has 0 unspecified atom stereocenters. The molecular formula is C23H29N3O7. The molecule has 33 heavy (non-hydrogen) atoms. The predicted octanol–water partition coefficient (Wildman–Crippen LogP) is 1.63. The highest BCUT2D eigenvalue weighted by Gasteiger charge is 2.25. The zero-order valence-electron chi connectivity index (χ0n) is 19.1. The van der Waals surface area contributed by atoms with Crippen molar-refractivity contribution >= 4 is 28.7 Å². The third kappa shape index (κ3) is 5.63. The van der Waals surface area contributed by atoms with E-state index in [1.165, 1.54) is 4.57 Å². The highest BCUT2D eigenvalue weighted by Crippen LogP contribution is 2.24. The van der Waals surface area contributed by atoms with Crippen LogP contribution >= 0.6 is 0 Å². The quantitative estimate of drug-likeness (QED) is 0.579. The van der Waals surface area contributed by atoms with E-state index in [0.717, 1.165) is 0 Å². The Bertz CT molecular complexity index is 1070. The molecule has 0 aliphatic carbocycles. The summed E-state index contributed by atoms with van der Waals surface area (Å²) in [7, 11) is 0. The molecule has 10 heteroatoms. The predicted molar refractivity (Wildman–Crippen MR) is 120 cm³/mol. The molecule has 1 atom stereocenters. The first-order valence-electron chi connectivity index (χ1n) is 11.0. The lowest BCUT2D eigenvalue weighted by atomic mass is 10.1. The molecule has 1 aliphatic heterocycles. The van der Waals surface area contributed by atoms with E-state index < -0.39 is 12.1 Å². The van der Waals surface area contributed by atoms with Crippen LogP contribution in [0.1, 0.15) is 20.8 Å². The molecule has 2 amide bonds. The lowest BCUT2D eigenvalue weighted by Gasteiger charge is -2.34. The Kier molecular flexibility index (Phi) is 7.92. The summed E-state index contributed by atoms with van der Waals surface area (Å²) < 4.78 is 17.0. The number of aromatic nitrogens is 1. The second-order valence-corrected chi connectivity index (χ2v) is 7.55. The molecular weight excluding hydrogens is 430 g/mol. The Morgan fingerprint density at radius 1 is 0.939 bits per heavy atom. The van der Waals surface area contributed by atoms with Crippen LogP contribution in [0.5, 0.6) is 5.75 Å². The molecule has 0 bridgehead atoms. The van der Waals surface area contributed by atoms with Crippen LogP contribution in [0.25, 0.3) is 10.8 Å². The summed E-state index contributed by atoms with van der Waals surface area (Å²) in [6, 6.07) is 6.68. The van der Waals surface area contributed by atoms with E-state index in [9.17, 15) is 19.2 Å². The van der Waals surface area contributed by atoms with Gasteiger partial charge in [-0.05, 0) is 39.0 Å². The number of amides is 2. The first kappa shape index (κ1) is 24.1. The first-order valence-corrected chi connectivity index (χ1v) is 11.0. The van der Waals surface area contributed by atoms with Crippen LogP contribution in [0.3, 0.4) is 0 Å². The summed E-state index contributed by atoms with van der Waals surface area (Å²) >= 11 is 0. The molecule has 10 nitrogen and oxygen atoms in total. The molecule has 2 aromatic rings. The number of carbonyl (C=O) groups is 3. The van der Waals surface area contributed by atoms with Gasteiger partial charge in [0.1, 0.15) is 12.3 Å². The summed E-state index contributed by atoms with van der Waals surface area (Å²) in [6.45, 7) is 7.01. The van der Waals surface area contributed by atoms with Crippen molar-refractivity contribution < 1.29 is 28.6 Å². The number of carbonyl (C=O) groups excluding carboxylic acids is 3. The van der Waals surface area contributed by atoms with Crippen molar-refractivity contribution in [3.8, 4) is 5.75 Å². The third-order valence-electron chi connectivity index (χ3n) is 5.36. The molecule has 0 saturated carbocycles. The Hall–Kier alpha value is -3.56. The molecule has 0 spiro atoms. The molecule has 1 aromatic carbocycles. The van der Waals surface area contributed by atoms with Crippen LogP contribution in [0.4, 0.5) is 4.79 Å². The molecule has 0 N–H and O–H groups in total. The number of esters is 1. The van der Waals surface area contributed by atoms with E-state index >= 15 is 0 Å². The molecule has 1 saturated heterocycles. The zero-order chi connectivity index (χ0) is 24.0. The molecule has 0 radical (unpaired) electrons. The van der Waals surface area contributed by atoms with Crippen LogP contribution in [0.15, 0.2) is 35.3 Å². The number of hydrogen-bond donors (Lipinski definition) is 0. The number of nitrogens with zero attached hydrogens (tertiary/aromatic N) is 3. The van der Waals surface area contributed by atoms with Gasteiger partial charge >= 0.3 is 12.1 Å². The van der Waals surface area contributed by atoms with Gasteiger partial charge in [-0.2, -0.15) is 0 Å². The van der Waals surface area contributed by atoms with Crippen molar-refractivity contribution in [1.29, 1.82) is 0 Å². The van der Waals surface area contributed by atoms with Gasteiger partial charge in [-0.15, -0.1) is 0 Å². The van der Waals surface area contributed by atoms with E-state index in [2.05, 4.69) is 0 Å². The Labute approximate surface area is 191 Å². The molecule has 3 rings (SSSR count). The SMILES string of the molecule is CCOC(=O)[C@@H](C)Oc1cccc2c(=O)n(CC(=O)N3CCN(C(=O)OCC)CC3)ccc12. The van der Waals surface area contributed by atoms with Crippen molar-refractivity contribution in [2.75, 3.05) is 39.4 Å². The Morgan fingerprint density at radius 3 is 2.27 bits per heavy atom. The van der Waals surface area contributed by atoms with Crippen LogP contribution in [0.2, 0.25) is 0 Å². The van der Waals surface area contributed by atoms with Gasteiger partial charge in [0, 0.05) is 37.8 Å². The van der Waals surface area contributed by atoms with Gasteiger partial charge < -0.3 is 28.6 Å². The van der Waals surface area contributed by atoms with Crippen LogP contribution in [-0.4, -0.2) is 77.8 Å². The Balaban J connectivity index is 1.70.